The maximum absolute atomic E-state index is 10.5. The lowest BCUT2D eigenvalue weighted by Crippen LogP contribution is -2.35. The molecule has 0 amide bonds. The van der Waals surface area contributed by atoms with E-state index >= 15 is 0 Å². The Morgan fingerprint density at radius 1 is 2.00 bits per heavy atom. The van der Waals surface area contributed by atoms with Gasteiger partial charge in [-0.05, 0) is 6.92 Å². The second-order valence-electron chi connectivity index (χ2n) is 2.33. The fourth-order valence-electron chi connectivity index (χ4n) is 0.617. The standard InChI is InChI=1S/C5H7ClO3/c1-5(8)2-9-4(7)3(5)6/h3,8H,2H2,1H3/t3-,5-/m0/s1. The van der Waals surface area contributed by atoms with E-state index in [2.05, 4.69) is 4.74 Å². The van der Waals surface area contributed by atoms with E-state index in [1.54, 1.807) is 0 Å². The second-order valence-corrected chi connectivity index (χ2v) is 2.76. The first kappa shape index (κ1) is 6.83. The Morgan fingerprint density at radius 2 is 2.56 bits per heavy atom. The average molecular weight is 151 g/mol. The fourth-order valence-corrected chi connectivity index (χ4v) is 0.743. The van der Waals surface area contributed by atoms with Gasteiger partial charge in [-0.3, -0.25) is 4.79 Å². The van der Waals surface area contributed by atoms with Crippen LogP contribution in [0.3, 0.4) is 0 Å². The number of alkyl halides is 1. The minimum absolute atomic E-state index is 0. The summed E-state index contributed by atoms with van der Waals surface area (Å²) in [6.45, 7) is 1.47. The molecule has 1 N–H and O–H groups in total. The predicted octanol–water partition coefficient (Wildman–Crippen LogP) is -0.0984. The van der Waals surface area contributed by atoms with Crippen molar-refractivity contribution in [3.8, 4) is 0 Å². The Balaban J connectivity index is 2.73. The molecule has 0 aromatic carbocycles. The number of hydrogen-bond acceptors (Lipinski definition) is 3. The summed E-state index contributed by atoms with van der Waals surface area (Å²) < 4.78 is 4.46. The summed E-state index contributed by atoms with van der Waals surface area (Å²) in [6.07, 6.45) is 0. The van der Waals surface area contributed by atoms with Crippen LogP contribution in [0.5, 0.6) is 0 Å². The fraction of sp³-hybridized carbons (Fsp3) is 0.800. The van der Waals surface area contributed by atoms with Crippen LogP contribution < -0.4 is 0 Å². The first-order chi connectivity index (χ1) is 4.04. The van der Waals surface area contributed by atoms with Gasteiger partial charge in [0, 0.05) is 0 Å². The summed E-state index contributed by atoms with van der Waals surface area (Å²) >= 11 is 5.43. The number of esters is 1. The Kier molecular flexibility index (Phi) is 1.41. The molecule has 0 aromatic rings. The van der Waals surface area contributed by atoms with Gasteiger partial charge in [-0.15, -0.1) is 11.6 Å². The zero-order valence-electron chi connectivity index (χ0n) is 4.93. The number of halogens is 1. The molecule has 3 nitrogen and oxygen atoms in total. The van der Waals surface area contributed by atoms with E-state index in [-0.39, 0.29) is 6.61 Å². The SMILES string of the molecule is C[C@]1(O)COC(=O)[C@@H]1Cl. The third-order valence-corrected chi connectivity index (χ3v) is 1.91. The van der Waals surface area contributed by atoms with E-state index in [0.29, 0.717) is 0 Å². The molecule has 2 atom stereocenters. The van der Waals surface area contributed by atoms with Crippen LogP contribution in [0.1, 0.15) is 6.92 Å². The smallest absolute Gasteiger partial charge is 0.327 e. The Morgan fingerprint density at radius 3 is 2.67 bits per heavy atom. The summed E-state index contributed by atoms with van der Waals surface area (Å²) in [5.41, 5.74) is -1.18. The van der Waals surface area contributed by atoms with Gasteiger partial charge in [0.2, 0.25) is 0 Å². The summed E-state index contributed by atoms with van der Waals surface area (Å²) in [4.78, 5) is 10.5. The molecule has 4 heteroatoms. The lowest BCUT2D eigenvalue weighted by Gasteiger charge is -2.13. The molecule has 1 heterocycles. The molecular formula is C5H7ClO3. The van der Waals surface area contributed by atoms with Crippen LogP contribution in [0.2, 0.25) is 0 Å². The normalized spacial score (nSPS) is 43.0. The molecule has 1 aliphatic rings. The van der Waals surface area contributed by atoms with Gasteiger partial charge in [0.05, 0.1) is 0 Å². The number of cyclic esters (lactones) is 1. The van der Waals surface area contributed by atoms with Gasteiger partial charge < -0.3 is 9.84 Å². The molecule has 52 valence electrons. The van der Waals surface area contributed by atoms with E-state index in [1.165, 1.54) is 6.92 Å². The van der Waals surface area contributed by atoms with Crippen molar-refractivity contribution < 1.29 is 14.6 Å². The van der Waals surface area contributed by atoms with E-state index < -0.39 is 16.9 Å². The first-order valence-corrected chi connectivity index (χ1v) is 3.01. The van der Waals surface area contributed by atoms with Crippen LogP contribution in [0.4, 0.5) is 0 Å². The number of carbonyl (C=O) groups excluding carboxylic acids is 1. The molecule has 0 unspecified atom stereocenters. The van der Waals surface area contributed by atoms with Crippen molar-refractivity contribution in [3.05, 3.63) is 0 Å². The van der Waals surface area contributed by atoms with Crippen molar-refractivity contribution in [2.75, 3.05) is 6.61 Å². The molecule has 1 fully saturated rings. The van der Waals surface area contributed by atoms with Crippen molar-refractivity contribution in [3.63, 3.8) is 0 Å². The van der Waals surface area contributed by atoms with Crippen molar-refractivity contribution in [2.24, 2.45) is 0 Å². The zero-order chi connectivity index (χ0) is 7.07. The molecule has 0 bridgehead atoms. The number of aliphatic hydroxyl groups is 1. The number of rotatable bonds is 0. The van der Waals surface area contributed by atoms with Crippen molar-refractivity contribution >= 4 is 17.6 Å². The average Bonchev–Trinajstić information content (AvgIpc) is 1.97. The third-order valence-electron chi connectivity index (χ3n) is 1.26. The minimum Gasteiger partial charge on any atom is -0.461 e. The van der Waals surface area contributed by atoms with Crippen molar-refractivity contribution in [1.29, 1.82) is 0 Å². The lowest BCUT2D eigenvalue weighted by atomic mass is 10.1. The highest BCUT2D eigenvalue weighted by atomic mass is 35.5. The topological polar surface area (TPSA) is 46.5 Å². The van der Waals surface area contributed by atoms with Crippen LogP contribution in [0.25, 0.3) is 0 Å². The van der Waals surface area contributed by atoms with Gasteiger partial charge in [-0.2, -0.15) is 0 Å². The first-order valence-electron chi connectivity index (χ1n) is 2.57. The van der Waals surface area contributed by atoms with Gasteiger partial charge >= 0.3 is 5.97 Å². The number of hydrogen-bond donors (Lipinski definition) is 1. The molecule has 0 aliphatic carbocycles. The quantitative estimate of drug-likeness (QED) is 0.388. The van der Waals surface area contributed by atoms with E-state index in [9.17, 15) is 4.79 Å². The van der Waals surface area contributed by atoms with Gasteiger partial charge in [0.1, 0.15) is 12.2 Å². The highest BCUT2D eigenvalue weighted by Gasteiger charge is 2.44. The highest BCUT2D eigenvalue weighted by molar-refractivity contribution is 6.31. The van der Waals surface area contributed by atoms with Crippen LogP contribution >= 0.6 is 11.6 Å². The third kappa shape index (κ3) is 1.02. The zero-order valence-corrected chi connectivity index (χ0v) is 5.68. The molecule has 1 saturated heterocycles. The highest BCUT2D eigenvalue weighted by Crippen LogP contribution is 2.23. The summed E-state index contributed by atoms with van der Waals surface area (Å²) in [5.74, 6) is -0.540. The van der Waals surface area contributed by atoms with E-state index in [1.807, 2.05) is 0 Å². The van der Waals surface area contributed by atoms with Gasteiger partial charge in [-0.25, -0.2) is 0 Å². The minimum atomic E-state index is -1.18. The van der Waals surface area contributed by atoms with E-state index in [4.69, 9.17) is 16.7 Å². The maximum atomic E-state index is 10.5. The van der Waals surface area contributed by atoms with E-state index in [0.717, 1.165) is 0 Å². The molecular weight excluding hydrogens is 144 g/mol. The van der Waals surface area contributed by atoms with Crippen LogP contribution in [0, 0.1) is 0 Å². The van der Waals surface area contributed by atoms with Gasteiger partial charge in [0.25, 0.3) is 0 Å². The van der Waals surface area contributed by atoms with Gasteiger partial charge in [0.15, 0.2) is 5.38 Å². The maximum Gasteiger partial charge on any atom is 0.327 e. The predicted molar refractivity (Wildman–Crippen MR) is 31.2 cm³/mol. The molecule has 0 aromatic heterocycles. The van der Waals surface area contributed by atoms with Crippen molar-refractivity contribution in [1.82, 2.24) is 0 Å². The second kappa shape index (κ2) is 1.85. The van der Waals surface area contributed by atoms with Crippen molar-refractivity contribution in [2.45, 2.75) is 17.9 Å². The summed E-state index contributed by atoms with van der Waals surface area (Å²) in [5, 5.41) is 8.25. The van der Waals surface area contributed by atoms with Crippen LogP contribution in [0.15, 0.2) is 0 Å². The monoisotopic (exact) mass is 150 g/mol. The van der Waals surface area contributed by atoms with Crippen LogP contribution in [-0.4, -0.2) is 28.7 Å². The van der Waals surface area contributed by atoms with Crippen LogP contribution in [-0.2, 0) is 9.53 Å². The summed E-state index contributed by atoms with van der Waals surface area (Å²) in [6, 6.07) is 0. The molecule has 0 saturated carbocycles. The molecule has 9 heavy (non-hydrogen) atoms. The van der Waals surface area contributed by atoms with Gasteiger partial charge in [-0.1, -0.05) is 0 Å². The Labute approximate surface area is 57.6 Å². The molecule has 1 aliphatic heterocycles. The Hall–Kier alpha value is -0.280. The largest absolute Gasteiger partial charge is 0.461 e. The molecule has 0 spiro atoms. The summed E-state index contributed by atoms with van der Waals surface area (Å²) in [7, 11) is 0. The lowest BCUT2D eigenvalue weighted by molar-refractivity contribution is -0.137. The number of carbonyl (C=O) groups is 1. The molecule has 0 radical (unpaired) electrons. The number of ether oxygens (including phenoxy) is 1. The molecule has 1 rings (SSSR count). The Bertz CT molecular complexity index is 143.